The van der Waals surface area contributed by atoms with Crippen molar-refractivity contribution in [1.82, 2.24) is 9.55 Å². The van der Waals surface area contributed by atoms with Crippen LogP contribution in [-0.2, 0) is 17.8 Å². The van der Waals surface area contributed by atoms with Gasteiger partial charge in [0.1, 0.15) is 5.82 Å². The summed E-state index contributed by atoms with van der Waals surface area (Å²) in [7, 11) is 1.49. The first-order valence-corrected chi connectivity index (χ1v) is 10.3. The van der Waals surface area contributed by atoms with Crippen molar-refractivity contribution in [1.29, 1.82) is 0 Å². The molecule has 0 aliphatic carbocycles. The lowest BCUT2D eigenvalue weighted by molar-refractivity contribution is 0.0988. The van der Waals surface area contributed by atoms with Gasteiger partial charge in [0.05, 0.1) is 28.4 Å². The summed E-state index contributed by atoms with van der Waals surface area (Å²) in [5, 5.41) is 0. The van der Waals surface area contributed by atoms with Crippen molar-refractivity contribution in [2.45, 2.75) is 13.1 Å². The van der Waals surface area contributed by atoms with Gasteiger partial charge < -0.3 is 10.5 Å². The van der Waals surface area contributed by atoms with Gasteiger partial charge >= 0.3 is 5.69 Å². The Morgan fingerprint density at radius 3 is 2.59 bits per heavy atom. The number of amides is 1. The van der Waals surface area contributed by atoms with E-state index >= 15 is 0 Å². The van der Waals surface area contributed by atoms with Crippen LogP contribution in [-0.4, -0.2) is 29.2 Å². The maximum atomic E-state index is 13.3. The minimum absolute atomic E-state index is 0.0703. The maximum absolute atomic E-state index is 13.3. The molecule has 29 heavy (non-hydrogen) atoms. The second kappa shape index (κ2) is 9.21. The number of aromatic nitrogens is 2. The molecule has 0 radical (unpaired) electrons. The van der Waals surface area contributed by atoms with Gasteiger partial charge in [-0.05, 0) is 33.6 Å². The van der Waals surface area contributed by atoms with Gasteiger partial charge in [0.25, 0.3) is 11.5 Å². The molecule has 0 spiro atoms. The molecule has 0 atom stereocenters. The number of hydrogen-bond acceptors (Lipinski definition) is 6. The Morgan fingerprint density at radius 1 is 1.24 bits per heavy atom. The average molecular weight is 479 g/mol. The van der Waals surface area contributed by atoms with Gasteiger partial charge in [0, 0.05) is 7.11 Å². The number of benzene rings is 1. The normalized spacial score (nSPS) is 10.8. The van der Waals surface area contributed by atoms with Gasteiger partial charge in [0.2, 0.25) is 0 Å². The van der Waals surface area contributed by atoms with E-state index in [1.165, 1.54) is 27.9 Å². The van der Waals surface area contributed by atoms with Crippen molar-refractivity contribution in [3.8, 4) is 0 Å². The van der Waals surface area contributed by atoms with E-state index < -0.39 is 17.2 Å². The Labute approximate surface area is 178 Å². The van der Waals surface area contributed by atoms with E-state index in [1.807, 2.05) is 30.3 Å². The lowest BCUT2D eigenvalue weighted by Crippen LogP contribution is -2.41. The first-order valence-electron chi connectivity index (χ1n) is 8.65. The van der Waals surface area contributed by atoms with E-state index in [0.29, 0.717) is 4.88 Å². The molecule has 8 nitrogen and oxygen atoms in total. The Balaban J connectivity index is 2.14. The van der Waals surface area contributed by atoms with E-state index in [0.717, 1.165) is 9.35 Å². The fourth-order valence-corrected chi connectivity index (χ4v) is 4.16. The number of hydrogen-bond donors (Lipinski definition) is 2. The smallest absolute Gasteiger partial charge is 0.330 e. The van der Waals surface area contributed by atoms with Gasteiger partial charge in [-0.2, -0.15) is 0 Å². The number of ether oxygens (including phenoxy) is 1. The highest BCUT2D eigenvalue weighted by atomic mass is 79.9. The van der Waals surface area contributed by atoms with Crippen molar-refractivity contribution < 1.29 is 9.53 Å². The average Bonchev–Trinajstić information content (AvgIpc) is 3.13. The first-order chi connectivity index (χ1) is 13.9. The summed E-state index contributed by atoms with van der Waals surface area (Å²) in [4.78, 5) is 42.1. The number of nitrogens with zero attached hydrogens (tertiary/aromatic N) is 2. The van der Waals surface area contributed by atoms with Crippen LogP contribution in [0.25, 0.3) is 0 Å². The lowest BCUT2D eigenvalue weighted by atomic mass is 10.2. The van der Waals surface area contributed by atoms with Crippen LogP contribution >= 0.6 is 27.3 Å². The number of methoxy groups -OCH3 is 1. The van der Waals surface area contributed by atoms with Crippen LogP contribution in [0.4, 0.5) is 11.5 Å². The molecule has 1 amide bonds. The molecule has 0 unspecified atom stereocenters. The predicted molar refractivity (Wildman–Crippen MR) is 117 cm³/mol. The number of halogens is 1. The van der Waals surface area contributed by atoms with Crippen LogP contribution < -0.4 is 21.9 Å². The summed E-state index contributed by atoms with van der Waals surface area (Å²) in [5.74, 6) is -0.477. The highest BCUT2D eigenvalue weighted by Gasteiger charge is 2.26. The Morgan fingerprint density at radius 2 is 1.97 bits per heavy atom. The largest absolute Gasteiger partial charge is 0.383 e. The van der Waals surface area contributed by atoms with Crippen LogP contribution in [0.1, 0.15) is 15.2 Å². The minimum atomic E-state index is -0.721. The number of nitrogens with two attached hydrogens (primary N) is 1. The number of carbonyl (C=O) groups excluding carboxylic acids is 1. The lowest BCUT2D eigenvalue weighted by Gasteiger charge is -2.24. The fraction of sp³-hybridized carbons (Fsp3) is 0.211. The molecular formula is C19H19BrN4O4S. The molecule has 0 bridgehead atoms. The molecule has 3 aromatic rings. The number of nitrogen functional groups attached to an aromatic ring is 1. The number of carbonyl (C=O) groups is 1. The van der Waals surface area contributed by atoms with Crippen molar-refractivity contribution in [2.75, 3.05) is 24.4 Å². The van der Waals surface area contributed by atoms with Crippen molar-refractivity contribution in [3.05, 3.63) is 77.5 Å². The van der Waals surface area contributed by atoms with Crippen molar-refractivity contribution >= 4 is 44.7 Å². The minimum Gasteiger partial charge on any atom is -0.383 e. The number of thiophene rings is 1. The zero-order valence-corrected chi connectivity index (χ0v) is 18.0. The molecule has 3 rings (SSSR count). The van der Waals surface area contributed by atoms with Crippen molar-refractivity contribution in [3.63, 3.8) is 0 Å². The molecular weight excluding hydrogens is 460 g/mol. The Bertz CT molecular complexity index is 1120. The highest BCUT2D eigenvalue weighted by Crippen LogP contribution is 2.27. The molecule has 0 saturated carbocycles. The molecule has 3 N–H and O–H groups in total. The van der Waals surface area contributed by atoms with E-state index in [-0.39, 0.29) is 31.2 Å². The molecule has 2 aromatic heterocycles. The summed E-state index contributed by atoms with van der Waals surface area (Å²) in [5.41, 5.74) is 5.55. The van der Waals surface area contributed by atoms with Crippen LogP contribution in [0, 0.1) is 0 Å². The second-order valence-electron chi connectivity index (χ2n) is 6.12. The molecule has 0 aliphatic heterocycles. The first kappa shape index (κ1) is 21.0. The van der Waals surface area contributed by atoms with Gasteiger partial charge in [-0.25, -0.2) is 4.79 Å². The number of nitrogens with one attached hydrogen (secondary N) is 1. The maximum Gasteiger partial charge on any atom is 0.330 e. The standard InChI is InChI=1S/C19H19BrN4O4S/c1-28-10-9-23-16(21)15(17(25)22-19(23)27)24(11-12-5-3-2-4-6-12)18(26)13-7-8-14(20)29-13/h2-8H,9-11,21H2,1H3,(H,22,25,27). The van der Waals surface area contributed by atoms with Gasteiger partial charge in [-0.3, -0.25) is 24.0 Å². The zero-order chi connectivity index (χ0) is 21.0. The van der Waals surface area contributed by atoms with Crippen LogP contribution in [0.15, 0.2) is 55.8 Å². The summed E-state index contributed by atoms with van der Waals surface area (Å²) < 4.78 is 6.99. The van der Waals surface area contributed by atoms with Crippen LogP contribution in [0.2, 0.25) is 0 Å². The molecule has 152 valence electrons. The topological polar surface area (TPSA) is 110 Å². The predicted octanol–water partition coefficient (Wildman–Crippen LogP) is 2.44. The van der Waals surface area contributed by atoms with Crippen LogP contribution in [0.5, 0.6) is 0 Å². The molecule has 0 saturated heterocycles. The Hall–Kier alpha value is -2.69. The van der Waals surface area contributed by atoms with Gasteiger partial charge in [0.15, 0.2) is 5.69 Å². The van der Waals surface area contributed by atoms with Crippen LogP contribution in [0.3, 0.4) is 0 Å². The third-order valence-electron chi connectivity index (χ3n) is 4.22. The molecule has 0 fully saturated rings. The number of H-pyrrole nitrogens is 1. The van der Waals surface area contributed by atoms with Gasteiger partial charge in [-0.1, -0.05) is 30.3 Å². The third-order valence-corrected chi connectivity index (χ3v) is 5.83. The summed E-state index contributed by atoms with van der Waals surface area (Å²) in [6, 6.07) is 12.6. The van der Waals surface area contributed by atoms with E-state index in [1.54, 1.807) is 12.1 Å². The van der Waals surface area contributed by atoms with Gasteiger partial charge in [-0.15, -0.1) is 11.3 Å². The molecule has 2 heterocycles. The molecule has 1 aromatic carbocycles. The number of rotatable bonds is 7. The molecule has 10 heteroatoms. The fourth-order valence-electron chi connectivity index (χ4n) is 2.82. The van der Waals surface area contributed by atoms with E-state index in [9.17, 15) is 14.4 Å². The summed E-state index contributed by atoms with van der Waals surface area (Å²) in [6.45, 7) is 0.480. The second-order valence-corrected chi connectivity index (χ2v) is 8.58. The third kappa shape index (κ3) is 4.66. The SMILES string of the molecule is COCCn1c(N)c(N(Cc2ccccc2)C(=O)c2ccc(Br)s2)c(=O)[nH]c1=O. The van der Waals surface area contributed by atoms with E-state index in [4.69, 9.17) is 10.5 Å². The quantitative estimate of drug-likeness (QED) is 0.541. The monoisotopic (exact) mass is 478 g/mol. The summed E-state index contributed by atoms with van der Waals surface area (Å²) in [6.07, 6.45) is 0. The molecule has 0 aliphatic rings. The van der Waals surface area contributed by atoms with E-state index in [2.05, 4.69) is 20.9 Å². The summed E-state index contributed by atoms with van der Waals surface area (Å²) >= 11 is 4.59. The number of aromatic amines is 1. The Kier molecular flexibility index (Phi) is 6.68. The highest BCUT2D eigenvalue weighted by molar-refractivity contribution is 9.11. The zero-order valence-electron chi connectivity index (χ0n) is 15.6. The van der Waals surface area contributed by atoms with Crippen molar-refractivity contribution in [2.24, 2.45) is 0 Å². The number of anilines is 2.